The van der Waals surface area contributed by atoms with Crippen LogP contribution in [0.15, 0.2) is 48.5 Å². The van der Waals surface area contributed by atoms with E-state index >= 15 is 0 Å². The molecule has 2 aliphatic carbocycles. The lowest BCUT2D eigenvalue weighted by Crippen LogP contribution is -2.50. The molecule has 4 atom stereocenters. The summed E-state index contributed by atoms with van der Waals surface area (Å²) in [7, 11) is 0. The van der Waals surface area contributed by atoms with Gasteiger partial charge in [-0.3, -0.25) is 34.6 Å². The van der Waals surface area contributed by atoms with Gasteiger partial charge in [0.05, 0.1) is 33.8 Å². The molecule has 0 aromatic heterocycles. The first-order chi connectivity index (χ1) is 16.3. The Morgan fingerprint density at radius 1 is 0.882 bits per heavy atom. The predicted octanol–water partition coefficient (Wildman–Crippen LogP) is 3.09. The van der Waals surface area contributed by atoms with Gasteiger partial charge < -0.3 is 0 Å². The third-order valence-electron chi connectivity index (χ3n) is 7.22. The first-order valence-corrected chi connectivity index (χ1v) is 10.9. The Hall–Kier alpha value is -4.15. The lowest BCUT2D eigenvalue weighted by molar-refractivity contribution is -0.385. The number of carbonyl (C=O) groups is 3. The molecule has 3 aliphatic rings. The fourth-order valence-corrected chi connectivity index (χ4v) is 5.80. The van der Waals surface area contributed by atoms with Gasteiger partial charge in [0.15, 0.2) is 0 Å². The molecule has 34 heavy (non-hydrogen) atoms. The number of amides is 3. The molecule has 1 saturated heterocycles. The van der Waals surface area contributed by atoms with E-state index in [0.717, 1.165) is 35.3 Å². The van der Waals surface area contributed by atoms with Gasteiger partial charge in [-0.15, -0.1) is 0 Å². The van der Waals surface area contributed by atoms with Gasteiger partial charge in [0.2, 0.25) is 0 Å². The third kappa shape index (κ3) is 3.23. The van der Waals surface area contributed by atoms with Gasteiger partial charge in [-0.2, -0.15) is 5.01 Å². The Labute approximate surface area is 193 Å². The number of hydrogen-bond acceptors (Lipinski definition) is 7. The molecule has 2 bridgehead atoms. The first kappa shape index (κ1) is 21.7. The summed E-state index contributed by atoms with van der Waals surface area (Å²) in [5.41, 5.74) is -0.992. The van der Waals surface area contributed by atoms with Gasteiger partial charge in [0.25, 0.3) is 29.1 Å². The Morgan fingerprint density at radius 2 is 1.41 bits per heavy atom. The molecule has 1 aliphatic heterocycles. The Bertz CT molecular complexity index is 1220. The maximum atomic E-state index is 13.6. The smallest absolute Gasteiger partial charge is 0.272 e. The molecule has 2 saturated carbocycles. The highest BCUT2D eigenvalue weighted by Gasteiger charge is 2.62. The van der Waals surface area contributed by atoms with Crippen LogP contribution in [0.1, 0.15) is 35.2 Å². The highest BCUT2D eigenvalue weighted by atomic mass is 16.6. The number of hydrogen-bond donors (Lipinski definition) is 0. The second-order valence-corrected chi connectivity index (χ2v) is 8.90. The largest absolute Gasteiger partial charge is 0.282 e. The van der Waals surface area contributed by atoms with Crippen LogP contribution in [0.5, 0.6) is 0 Å². The van der Waals surface area contributed by atoms with Crippen molar-refractivity contribution in [2.24, 2.45) is 23.7 Å². The number of carbonyl (C=O) groups excluding carboxylic acids is 3. The van der Waals surface area contributed by atoms with E-state index in [9.17, 15) is 34.6 Å². The second kappa shape index (κ2) is 8.01. The van der Waals surface area contributed by atoms with Crippen LogP contribution in [0.25, 0.3) is 0 Å². The summed E-state index contributed by atoms with van der Waals surface area (Å²) in [5.74, 6) is -2.92. The molecule has 0 spiro atoms. The standard InChI is InChI=1S/C23H20N4O7/c28-21(16-6-2-4-8-18(16)27(33)34)24(12-15-5-1-3-7-17(15)26(31)32)25-22(29)19-13-9-10-14(11-13)20(19)23(25)30/h1-8,13-14,19-20H,9-12H2/t13-,14-,19+,20+/m0/s1. The maximum absolute atomic E-state index is 13.6. The van der Waals surface area contributed by atoms with Crippen molar-refractivity contribution in [2.75, 3.05) is 0 Å². The quantitative estimate of drug-likeness (QED) is 0.363. The normalized spacial score (nSPS) is 24.9. The zero-order valence-electron chi connectivity index (χ0n) is 17.9. The average molecular weight is 464 g/mol. The summed E-state index contributed by atoms with van der Waals surface area (Å²) >= 11 is 0. The van der Waals surface area contributed by atoms with Crippen molar-refractivity contribution in [3.8, 4) is 0 Å². The van der Waals surface area contributed by atoms with Crippen LogP contribution in [0, 0.1) is 43.9 Å². The molecule has 1 heterocycles. The third-order valence-corrected chi connectivity index (χ3v) is 7.22. The van der Waals surface area contributed by atoms with Crippen LogP contribution >= 0.6 is 0 Å². The van der Waals surface area contributed by atoms with Crippen molar-refractivity contribution in [1.29, 1.82) is 0 Å². The topological polar surface area (TPSA) is 144 Å². The number of para-hydroxylation sites is 2. The van der Waals surface area contributed by atoms with E-state index in [-0.39, 0.29) is 28.7 Å². The van der Waals surface area contributed by atoms with E-state index in [1.807, 2.05) is 0 Å². The van der Waals surface area contributed by atoms with Gasteiger partial charge in [-0.25, -0.2) is 5.01 Å². The summed E-state index contributed by atoms with van der Waals surface area (Å²) in [6.45, 7) is -0.464. The van der Waals surface area contributed by atoms with Crippen LogP contribution in [0.3, 0.4) is 0 Å². The van der Waals surface area contributed by atoms with E-state index in [1.165, 1.54) is 36.4 Å². The predicted molar refractivity (Wildman–Crippen MR) is 116 cm³/mol. The molecule has 174 valence electrons. The molecule has 2 aromatic carbocycles. The van der Waals surface area contributed by atoms with Crippen molar-refractivity contribution in [3.05, 3.63) is 79.9 Å². The average Bonchev–Trinajstić information content (AvgIpc) is 3.51. The van der Waals surface area contributed by atoms with Crippen LogP contribution in [-0.2, 0) is 16.1 Å². The molecule has 2 aromatic rings. The van der Waals surface area contributed by atoms with E-state index in [4.69, 9.17) is 0 Å². The van der Waals surface area contributed by atoms with Gasteiger partial charge in [0.1, 0.15) is 5.56 Å². The molecule has 11 heteroatoms. The number of nitro groups is 2. The molecule has 11 nitrogen and oxygen atoms in total. The summed E-state index contributed by atoms with van der Waals surface area (Å²) in [6, 6.07) is 10.9. The van der Waals surface area contributed by atoms with E-state index in [0.29, 0.717) is 0 Å². The molecule has 0 unspecified atom stereocenters. The van der Waals surface area contributed by atoms with Crippen LogP contribution < -0.4 is 0 Å². The molecule has 5 rings (SSSR count). The number of fused-ring (bicyclic) bond motifs is 5. The van der Waals surface area contributed by atoms with Crippen molar-refractivity contribution >= 4 is 29.1 Å². The molecule has 0 radical (unpaired) electrons. The SMILES string of the molecule is O=C(c1ccccc1[N+](=O)[O-])N(Cc1ccccc1[N+](=O)[O-])N1C(=O)[C@@H]2[C@H]3CC[C@@H](C3)[C@H]2C1=O. The maximum Gasteiger partial charge on any atom is 0.282 e. The van der Waals surface area contributed by atoms with Crippen molar-refractivity contribution < 1.29 is 24.2 Å². The molecular weight excluding hydrogens is 444 g/mol. The van der Waals surface area contributed by atoms with Gasteiger partial charge in [-0.05, 0) is 37.2 Å². The summed E-state index contributed by atoms with van der Waals surface area (Å²) < 4.78 is 0. The molecule has 3 amide bonds. The zero-order chi connectivity index (χ0) is 24.1. The van der Waals surface area contributed by atoms with Gasteiger partial charge >= 0.3 is 0 Å². The minimum atomic E-state index is -0.945. The van der Waals surface area contributed by atoms with Crippen molar-refractivity contribution in [1.82, 2.24) is 10.0 Å². The van der Waals surface area contributed by atoms with E-state index in [2.05, 4.69) is 0 Å². The lowest BCUT2D eigenvalue weighted by Gasteiger charge is -2.31. The van der Waals surface area contributed by atoms with Gasteiger partial charge in [0, 0.05) is 12.1 Å². The number of nitro benzene ring substituents is 2. The minimum absolute atomic E-state index is 0.0607. The van der Waals surface area contributed by atoms with Crippen LogP contribution in [0.2, 0.25) is 0 Å². The summed E-state index contributed by atoms with van der Waals surface area (Å²) in [6.07, 6.45) is 2.46. The van der Waals surface area contributed by atoms with Crippen molar-refractivity contribution in [3.63, 3.8) is 0 Å². The Kier molecular flexibility index (Phi) is 5.11. The van der Waals surface area contributed by atoms with Crippen molar-refractivity contribution in [2.45, 2.75) is 25.8 Å². The number of rotatable bonds is 6. The minimum Gasteiger partial charge on any atom is -0.272 e. The number of nitrogens with zero attached hydrogens (tertiary/aromatic N) is 4. The molecular formula is C23H20N4O7. The Balaban J connectivity index is 1.59. The summed E-state index contributed by atoms with van der Waals surface area (Å²) in [5, 5.41) is 24.7. The van der Waals surface area contributed by atoms with Crippen LogP contribution in [-0.4, -0.2) is 37.6 Å². The highest BCUT2D eigenvalue weighted by Crippen LogP contribution is 2.56. The van der Waals surface area contributed by atoms with Crippen LogP contribution in [0.4, 0.5) is 11.4 Å². The molecule has 0 N–H and O–H groups in total. The fourth-order valence-electron chi connectivity index (χ4n) is 5.80. The monoisotopic (exact) mass is 464 g/mol. The van der Waals surface area contributed by atoms with Gasteiger partial charge in [-0.1, -0.05) is 30.3 Å². The number of hydrazine groups is 1. The second-order valence-electron chi connectivity index (χ2n) is 8.90. The molecule has 3 fully saturated rings. The first-order valence-electron chi connectivity index (χ1n) is 10.9. The number of benzene rings is 2. The zero-order valence-corrected chi connectivity index (χ0v) is 17.9. The fraction of sp³-hybridized carbons (Fsp3) is 0.348. The van der Waals surface area contributed by atoms with E-state index in [1.54, 1.807) is 6.07 Å². The summed E-state index contributed by atoms with van der Waals surface area (Å²) in [4.78, 5) is 62.3. The Morgan fingerprint density at radius 3 is 2.00 bits per heavy atom. The van der Waals surface area contributed by atoms with E-state index < -0.39 is 51.6 Å². The lowest BCUT2D eigenvalue weighted by atomic mass is 9.81. The number of imide groups is 1. The highest BCUT2D eigenvalue weighted by molar-refractivity contribution is 6.09.